The van der Waals surface area contributed by atoms with E-state index in [1.54, 1.807) is 6.92 Å². The molecule has 3 N–H and O–H groups in total. The molecular formula is C9H12ClF2NO. The molecular weight excluding hydrogens is 212 g/mol. The first-order chi connectivity index (χ1) is 6.02. The van der Waals surface area contributed by atoms with Crippen molar-refractivity contribution in [1.82, 2.24) is 0 Å². The van der Waals surface area contributed by atoms with Gasteiger partial charge in [-0.15, -0.1) is 12.4 Å². The number of hydrogen-bond acceptors (Lipinski definition) is 2. The molecule has 0 radical (unpaired) electrons. The summed E-state index contributed by atoms with van der Waals surface area (Å²) in [5.74, 6) is -1.90. The van der Waals surface area contributed by atoms with Crippen LogP contribution in [0.4, 0.5) is 8.78 Å². The lowest BCUT2D eigenvalue weighted by atomic mass is 10.0. The predicted octanol–water partition coefficient (Wildman–Crippen LogP) is 1.77. The van der Waals surface area contributed by atoms with Gasteiger partial charge in [-0.3, -0.25) is 0 Å². The van der Waals surface area contributed by atoms with E-state index in [-0.39, 0.29) is 18.0 Å². The van der Waals surface area contributed by atoms with Crippen LogP contribution in [0.3, 0.4) is 0 Å². The molecule has 0 spiro atoms. The molecule has 2 unspecified atom stereocenters. The standard InChI is InChI=1S/C9H11F2NO.ClH/c1-5(12)9(13)6-2-3-7(10)8(11)4-6;/h2-5,9,13H,12H2,1H3;1H. The highest BCUT2D eigenvalue weighted by Gasteiger charge is 2.14. The lowest BCUT2D eigenvalue weighted by Crippen LogP contribution is -2.24. The fourth-order valence-corrected chi connectivity index (χ4v) is 1.000. The van der Waals surface area contributed by atoms with Crippen LogP contribution in [0.15, 0.2) is 18.2 Å². The molecule has 5 heteroatoms. The van der Waals surface area contributed by atoms with Gasteiger partial charge in [0.25, 0.3) is 0 Å². The maximum Gasteiger partial charge on any atom is 0.159 e. The molecule has 0 saturated heterocycles. The summed E-state index contributed by atoms with van der Waals surface area (Å²) in [7, 11) is 0. The van der Waals surface area contributed by atoms with Crippen LogP contribution in [0, 0.1) is 11.6 Å². The number of benzene rings is 1. The van der Waals surface area contributed by atoms with Crippen molar-refractivity contribution >= 4 is 12.4 Å². The van der Waals surface area contributed by atoms with Crippen molar-refractivity contribution in [3.63, 3.8) is 0 Å². The summed E-state index contributed by atoms with van der Waals surface area (Å²) < 4.78 is 25.2. The fourth-order valence-electron chi connectivity index (χ4n) is 1.000. The van der Waals surface area contributed by atoms with Crippen LogP contribution in [0.2, 0.25) is 0 Å². The Hall–Kier alpha value is -0.710. The van der Waals surface area contributed by atoms with E-state index in [1.807, 2.05) is 0 Å². The zero-order chi connectivity index (χ0) is 10.0. The summed E-state index contributed by atoms with van der Waals surface area (Å²) >= 11 is 0. The molecule has 0 aliphatic heterocycles. The van der Waals surface area contributed by atoms with Gasteiger partial charge in [-0.2, -0.15) is 0 Å². The maximum atomic E-state index is 12.7. The molecule has 14 heavy (non-hydrogen) atoms. The quantitative estimate of drug-likeness (QED) is 0.803. The molecule has 1 aromatic carbocycles. The predicted molar refractivity (Wildman–Crippen MR) is 52.2 cm³/mol. The van der Waals surface area contributed by atoms with Crippen LogP contribution in [0.25, 0.3) is 0 Å². The Morgan fingerprint density at radius 2 is 1.86 bits per heavy atom. The Labute approximate surface area is 87.1 Å². The number of aliphatic hydroxyl groups is 1. The van der Waals surface area contributed by atoms with E-state index in [0.29, 0.717) is 0 Å². The first kappa shape index (κ1) is 13.3. The summed E-state index contributed by atoms with van der Waals surface area (Å²) in [5, 5.41) is 9.40. The normalized spacial score (nSPS) is 14.4. The molecule has 0 amide bonds. The number of hydrogen-bond donors (Lipinski definition) is 2. The van der Waals surface area contributed by atoms with Crippen molar-refractivity contribution in [2.24, 2.45) is 5.73 Å². The van der Waals surface area contributed by atoms with Gasteiger partial charge in [-0.25, -0.2) is 8.78 Å². The summed E-state index contributed by atoms with van der Waals surface area (Å²) in [6.07, 6.45) is -0.963. The summed E-state index contributed by atoms with van der Waals surface area (Å²) in [6, 6.07) is 2.72. The zero-order valence-corrected chi connectivity index (χ0v) is 8.39. The summed E-state index contributed by atoms with van der Waals surface area (Å²) in [6.45, 7) is 1.59. The number of halogens is 3. The molecule has 0 aliphatic carbocycles. The highest BCUT2D eigenvalue weighted by Crippen LogP contribution is 2.17. The van der Waals surface area contributed by atoms with E-state index in [0.717, 1.165) is 12.1 Å². The van der Waals surface area contributed by atoms with E-state index in [4.69, 9.17) is 5.73 Å². The van der Waals surface area contributed by atoms with Gasteiger partial charge in [0.05, 0.1) is 6.10 Å². The molecule has 2 nitrogen and oxygen atoms in total. The van der Waals surface area contributed by atoms with Gasteiger partial charge in [0.15, 0.2) is 11.6 Å². The summed E-state index contributed by atoms with van der Waals surface area (Å²) in [4.78, 5) is 0. The van der Waals surface area contributed by atoms with Crippen LogP contribution >= 0.6 is 12.4 Å². The van der Waals surface area contributed by atoms with Crippen LogP contribution < -0.4 is 5.73 Å². The molecule has 80 valence electrons. The zero-order valence-electron chi connectivity index (χ0n) is 7.58. The Bertz CT molecular complexity index is 307. The van der Waals surface area contributed by atoms with Crippen LogP contribution in [-0.4, -0.2) is 11.1 Å². The van der Waals surface area contributed by atoms with Crippen molar-refractivity contribution < 1.29 is 13.9 Å². The van der Waals surface area contributed by atoms with E-state index in [9.17, 15) is 13.9 Å². The van der Waals surface area contributed by atoms with Gasteiger partial charge in [0.2, 0.25) is 0 Å². The van der Waals surface area contributed by atoms with E-state index < -0.39 is 23.8 Å². The third kappa shape index (κ3) is 2.90. The molecule has 0 saturated carbocycles. The summed E-state index contributed by atoms with van der Waals surface area (Å²) in [5.41, 5.74) is 5.68. The van der Waals surface area contributed by atoms with Gasteiger partial charge in [0.1, 0.15) is 0 Å². The Kier molecular flexibility index (Phi) is 4.97. The second kappa shape index (κ2) is 5.24. The monoisotopic (exact) mass is 223 g/mol. The molecule has 0 aliphatic rings. The first-order valence-electron chi connectivity index (χ1n) is 3.91. The highest BCUT2D eigenvalue weighted by molar-refractivity contribution is 5.85. The van der Waals surface area contributed by atoms with Crippen molar-refractivity contribution in [2.75, 3.05) is 0 Å². The topological polar surface area (TPSA) is 46.2 Å². The van der Waals surface area contributed by atoms with Crippen LogP contribution in [-0.2, 0) is 0 Å². The number of rotatable bonds is 2. The Morgan fingerprint density at radius 1 is 1.29 bits per heavy atom. The third-order valence-corrected chi connectivity index (χ3v) is 1.78. The second-order valence-corrected chi connectivity index (χ2v) is 2.98. The molecule has 0 fully saturated rings. The largest absolute Gasteiger partial charge is 0.387 e. The number of nitrogens with two attached hydrogens (primary N) is 1. The second-order valence-electron chi connectivity index (χ2n) is 2.98. The van der Waals surface area contributed by atoms with Gasteiger partial charge >= 0.3 is 0 Å². The van der Waals surface area contributed by atoms with Gasteiger partial charge in [-0.05, 0) is 24.6 Å². The van der Waals surface area contributed by atoms with E-state index in [2.05, 4.69) is 0 Å². The van der Waals surface area contributed by atoms with E-state index in [1.165, 1.54) is 6.07 Å². The van der Waals surface area contributed by atoms with Crippen molar-refractivity contribution in [3.05, 3.63) is 35.4 Å². The average Bonchev–Trinajstić information content (AvgIpc) is 2.08. The van der Waals surface area contributed by atoms with Crippen molar-refractivity contribution in [1.29, 1.82) is 0 Å². The fraction of sp³-hybridized carbons (Fsp3) is 0.333. The molecule has 2 atom stereocenters. The van der Waals surface area contributed by atoms with Crippen LogP contribution in [0.1, 0.15) is 18.6 Å². The molecule has 0 bridgehead atoms. The van der Waals surface area contributed by atoms with E-state index >= 15 is 0 Å². The van der Waals surface area contributed by atoms with Crippen molar-refractivity contribution in [3.8, 4) is 0 Å². The number of aliphatic hydroxyl groups excluding tert-OH is 1. The Balaban J connectivity index is 0.00000169. The highest BCUT2D eigenvalue weighted by atomic mass is 35.5. The van der Waals surface area contributed by atoms with Gasteiger partial charge in [0, 0.05) is 6.04 Å². The third-order valence-electron chi connectivity index (χ3n) is 1.78. The SMILES string of the molecule is CC(N)C(O)c1ccc(F)c(F)c1.Cl. The first-order valence-corrected chi connectivity index (χ1v) is 3.91. The smallest absolute Gasteiger partial charge is 0.159 e. The Morgan fingerprint density at radius 3 is 2.29 bits per heavy atom. The van der Waals surface area contributed by atoms with Gasteiger partial charge in [-0.1, -0.05) is 6.07 Å². The minimum atomic E-state index is -0.975. The minimum Gasteiger partial charge on any atom is -0.387 e. The maximum absolute atomic E-state index is 12.7. The minimum absolute atomic E-state index is 0. The lowest BCUT2D eigenvalue weighted by molar-refractivity contribution is 0.153. The molecule has 1 rings (SSSR count). The molecule has 1 aromatic rings. The van der Waals surface area contributed by atoms with Crippen LogP contribution in [0.5, 0.6) is 0 Å². The molecule has 0 heterocycles. The van der Waals surface area contributed by atoms with Crippen molar-refractivity contribution in [2.45, 2.75) is 19.1 Å². The molecule has 0 aromatic heterocycles. The lowest BCUT2D eigenvalue weighted by Gasteiger charge is -2.14. The van der Waals surface area contributed by atoms with Gasteiger partial charge < -0.3 is 10.8 Å². The average molecular weight is 224 g/mol.